The van der Waals surface area contributed by atoms with E-state index in [0.717, 1.165) is 22.3 Å². The van der Waals surface area contributed by atoms with Crippen molar-refractivity contribution in [1.29, 1.82) is 0 Å². The van der Waals surface area contributed by atoms with Crippen LogP contribution < -0.4 is 16.8 Å². The van der Waals surface area contributed by atoms with E-state index in [1.807, 2.05) is 48.5 Å². The van der Waals surface area contributed by atoms with Crippen LogP contribution in [-0.2, 0) is 11.2 Å². The number of benzene rings is 2. The number of para-hydroxylation sites is 2. The molecule has 0 unspecified atom stereocenters. The van der Waals surface area contributed by atoms with E-state index < -0.39 is 5.91 Å². The molecule has 0 spiro atoms. The largest absolute Gasteiger partial charge is 0.369 e. The van der Waals surface area contributed by atoms with Gasteiger partial charge in [-0.3, -0.25) is 4.79 Å². The maximum Gasteiger partial charge on any atom is 0.241 e. The molecule has 0 saturated carbocycles. The highest BCUT2D eigenvalue weighted by Gasteiger charge is 2.13. The van der Waals surface area contributed by atoms with Gasteiger partial charge in [-0.25, -0.2) is 19.5 Å². The highest BCUT2D eigenvalue weighted by molar-refractivity contribution is 5.80. The van der Waals surface area contributed by atoms with Gasteiger partial charge in [0, 0.05) is 5.69 Å². The lowest BCUT2D eigenvalue weighted by Crippen LogP contribution is -2.13. The average Bonchev–Trinajstić information content (AvgIpc) is 2.97. The summed E-state index contributed by atoms with van der Waals surface area (Å²) in [7, 11) is 0. The van der Waals surface area contributed by atoms with Crippen molar-refractivity contribution in [2.24, 2.45) is 5.73 Å². The number of rotatable bonds is 5. The third kappa shape index (κ3) is 3.38. The number of aromatic nitrogens is 5. The third-order valence-corrected chi connectivity index (χ3v) is 3.91. The zero-order chi connectivity index (χ0) is 18.8. The number of primary amides is 1. The summed E-state index contributed by atoms with van der Waals surface area (Å²) < 4.78 is 1.66. The molecule has 0 bridgehead atoms. The van der Waals surface area contributed by atoms with Gasteiger partial charge in [0.1, 0.15) is 6.33 Å². The maximum absolute atomic E-state index is 11.1. The van der Waals surface area contributed by atoms with Crippen LogP contribution in [0.15, 0.2) is 54.9 Å². The number of nitrogens with two attached hydrogens (primary N) is 2. The Morgan fingerprint density at radius 2 is 1.93 bits per heavy atom. The van der Waals surface area contributed by atoms with E-state index in [-0.39, 0.29) is 12.4 Å². The SMILES string of the molecule is NC(=O)Cc1cccc(Nc2ncnc(-n3c(N)nc4ccccc43)n2)c1. The maximum atomic E-state index is 11.1. The first-order chi connectivity index (χ1) is 13.1. The first-order valence-electron chi connectivity index (χ1n) is 8.17. The van der Waals surface area contributed by atoms with Gasteiger partial charge in [0.2, 0.25) is 23.8 Å². The monoisotopic (exact) mass is 360 g/mol. The molecule has 4 rings (SSSR count). The topological polar surface area (TPSA) is 138 Å². The van der Waals surface area contributed by atoms with E-state index in [4.69, 9.17) is 11.5 Å². The fraction of sp³-hybridized carbons (Fsp3) is 0.0556. The number of carbonyl (C=O) groups excluding carboxylic acids is 1. The van der Waals surface area contributed by atoms with Crippen LogP contribution >= 0.6 is 0 Å². The van der Waals surface area contributed by atoms with Gasteiger partial charge in [0.15, 0.2) is 0 Å². The molecule has 9 nitrogen and oxygen atoms in total. The Morgan fingerprint density at radius 1 is 1.07 bits per heavy atom. The quantitative estimate of drug-likeness (QED) is 0.491. The highest BCUT2D eigenvalue weighted by atomic mass is 16.1. The van der Waals surface area contributed by atoms with E-state index in [1.165, 1.54) is 6.33 Å². The van der Waals surface area contributed by atoms with Crippen LogP contribution in [0.25, 0.3) is 17.0 Å². The molecule has 1 amide bonds. The summed E-state index contributed by atoms with van der Waals surface area (Å²) >= 11 is 0. The molecule has 0 aliphatic rings. The summed E-state index contributed by atoms with van der Waals surface area (Å²) in [5, 5.41) is 3.10. The molecule has 0 radical (unpaired) electrons. The molecule has 0 atom stereocenters. The Balaban J connectivity index is 1.67. The molecular weight excluding hydrogens is 344 g/mol. The minimum absolute atomic E-state index is 0.162. The average molecular weight is 360 g/mol. The van der Waals surface area contributed by atoms with Gasteiger partial charge in [-0.15, -0.1) is 0 Å². The Morgan fingerprint density at radius 3 is 2.78 bits per heavy atom. The first kappa shape index (κ1) is 16.5. The Kier molecular flexibility index (Phi) is 4.09. The van der Waals surface area contributed by atoms with Gasteiger partial charge in [-0.05, 0) is 29.8 Å². The van der Waals surface area contributed by atoms with Gasteiger partial charge in [-0.2, -0.15) is 4.98 Å². The standard InChI is InChI=1S/C18H16N8O/c19-15(27)9-11-4-3-5-12(8-11)23-17-21-10-22-18(25-17)26-14-7-2-1-6-13(14)24-16(26)20/h1-8,10H,9H2,(H2,19,27)(H2,20,24)(H,21,22,23,25). The lowest BCUT2D eigenvalue weighted by atomic mass is 10.1. The molecule has 2 aromatic carbocycles. The van der Waals surface area contributed by atoms with Crippen molar-refractivity contribution in [3.05, 3.63) is 60.4 Å². The number of fused-ring (bicyclic) bond motifs is 1. The zero-order valence-corrected chi connectivity index (χ0v) is 14.2. The first-order valence-corrected chi connectivity index (χ1v) is 8.17. The second-order valence-electron chi connectivity index (χ2n) is 5.87. The van der Waals surface area contributed by atoms with Crippen molar-refractivity contribution in [2.45, 2.75) is 6.42 Å². The second kappa shape index (κ2) is 6.71. The molecule has 27 heavy (non-hydrogen) atoms. The Bertz CT molecular complexity index is 1140. The number of hydrogen-bond donors (Lipinski definition) is 3. The van der Waals surface area contributed by atoms with Crippen molar-refractivity contribution in [1.82, 2.24) is 24.5 Å². The van der Waals surface area contributed by atoms with E-state index in [9.17, 15) is 4.79 Å². The molecule has 0 saturated heterocycles. The Labute approximate surface area is 154 Å². The van der Waals surface area contributed by atoms with Gasteiger partial charge in [-0.1, -0.05) is 24.3 Å². The number of anilines is 3. The summed E-state index contributed by atoms with van der Waals surface area (Å²) in [4.78, 5) is 28.2. The number of carbonyl (C=O) groups is 1. The number of hydrogen-bond acceptors (Lipinski definition) is 7. The summed E-state index contributed by atoms with van der Waals surface area (Å²) in [6.45, 7) is 0. The molecule has 2 aromatic heterocycles. The molecule has 9 heteroatoms. The van der Waals surface area contributed by atoms with Crippen molar-refractivity contribution in [3.8, 4) is 5.95 Å². The van der Waals surface area contributed by atoms with Crippen LogP contribution in [-0.4, -0.2) is 30.4 Å². The normalized spacial score (nSPS) is 10.8. The minimum atomic E-state index is -0.392. The number of nitrogens with one attached hydrogen (secondary N) is 1. The molecule has 134 valence electrons. The summed E-state index contributed by atoms with van der Waals surface area (Å²) in [5.41, 5.74) is 14.4. The second-order valence-corrected chi connectivity index (χ2v) is 5.87. The lowest BCUT2D eigenvalue weighted by Gasteiger charge is -2.08. The van der Waals surface area contributed by atoms with Crippen LogP contribution in [0.4, 0.5) is 17.6 Å². The van der Waals surface area contributed by atoms with Crippen LogP contribution in [0.2, 0.25) is 0 Å². The molecular formula is C18H16N8O. The van der Waals surface area contributed by atoms with E-state index in [1.54, 1.807) is 4.57 Å². The van der Waals surface area contributed by atoms with E-state index in [0.29, 0.717) is 11.9 Å². The summed E-state index contributed by atoms with van der Waals surface area (Å²) in [6.07, 6.45) is 1.56. The smallest absolute Gasteiger partial charge is 0.241 e. The number of imidazole rings is 1. The molecule has 0 fully saturated rings. The number of nitrogens with zero attached hydrogens (tertiary/aromatic N) is 5. The fourth-order valence-corrected chi connectivity index (χ4v) is 2.80. The molecule has 2 heterocycles. The number of amides is 1. The number of nitrogen functional groups attached to an aromatic ring is 1. The van der Waals surface area contributed by atoms with Gasteiger partial charge in [0.05, 0.1) is 17.5 Å². The van der Waals surface area contributed by atoms with Crippen molar-refractivity contribution in [2.75, 3.05) is 11.1 Å². The molecule has 0 aliphatic heterocycles. The highest BCUT2D eigenvalue weighted by Crippen LogP contribution is 2.21. The van der Waals surface area contributed by atoms with Crippen LogP contribution in [0.5, 0.6) is 0 Å². The molecule has 0 aliphatic carbocycles. The predicted octanol–water partition coefficient (Wildman–Crippen LogP) is 1.56. The van der Waals surface area contributed by atoms with E-state index >= 15 is 0 Å². The summed E-state index contributed by atoms with van der Waals surface area (Å²) in [5.74, 6) is 0.592. The van der Waals surface area contributed by atoms with E-state index in [2.05, 4.69) is 25.3 Å². The third-order valence-electron chi connectivity index (χ3n) is 3.91. The summed E-state index contributed by atoms with van der Waals surface area (Å²) in [6, 6.07) is 14.8. The van der Waals surface area contributed by atoms with Crippen LogP contribution in [0, 0.1) is 0 Å². The zero-order valence-electron chi connectivity index (χ0n) is 14.2. The van der Waals surface area contributed by atoms with Gasteiger partial charge in [0.25, 0.3) is 0 Å². The van der Waals surface area contributed by atoms with Gasteiger partial charge >= 0.3 is 0 Å². The van der Waals surface area contributed by atoms with Crippen LogP contribution in [0.1, 0.15) is 5.56 Å². The van der Waals surface area contributed by atoms with Crippen LogP contribution in [0.3, 0.4) is 0 Å². The van der Waals surface area contributed by atoms with Gasteiger partial charge < -0.3 is 16.8 Å². The fourth-order valence-electron chi connectivity index (χ4n) is 2.80. The lowest BCUT2D eigenvalue weighted by molar-refractivity contribution is -0.117. The van der Waals surface area contributed by atoms with Crippen molar-refractivity contribution in [3.63, 3.8) is 0 Å². The minimum Gasteiger partial charge on any atom is -0.369 e. The predicted molar refractivity (Wildman–Crippen MR) is 101 cm³/mol. The Hall–Kier alpha value is -4.01. The molecule has 5 N–H and O–H groups in total. The van der Waals surface area contributed by atoms with Crippen molar-refractivity contribution >= 4 is 34.5 Å². The van der Waals surface area contributed by atoms with Crippen molar-refractivity contribution < 1.29 is 4.79 Å². The molecule has 4 aromatic rings.